The predicted octanol–water partition coefficient (Wildman–Crippen LogP) is 2.02. The number of hydrogen-bond acceptors (Lipinski definition) is 3. The highest BCUT2D eigenvalue weighted by molar-refractivity contribution is 5.59. The Hall–Kier alpha value is -1.29. The fourth-order valence-electron chi connectivity index (χ4n) is 2.00. The van der Waals surface area contributed by atoms with E-state index in [1.807, 2.05) is 13.8 Å². The van der Waals surface area contributed by atoms with Crippen LogP contribution in [0.5, 0.6) is 5.75 Å². The first-order valence-corrected chi connectivity index (χ1v) is 6.08. The molecule has 1 saturated heterocycles. The van der Waals surface area contributed by atoms with Crippen LogP contribution in [0.2, 0.25) is 0 Å². The lowest BCUT2D eigenvalue weighted by molar-refractivity contribution is 0.242. The smallest absolute Gasteiger partial charge is 0.143 e. The molecule has 0 amide bonds. The summed E-state index contributed by atoms with van der Waals surface area (Å²) in [5, 5.41) is 3.28. The van der Waals surface area contributed by atoms with E-state index >= 15 is 0 Å². The first kappa shape index (κ1) is 12.2. The molecule has 0 radical (unpaired) electrons. The zero-order valence-corrected chi connectivity index (χ0v) is 10.4. The maximum Gasteiger partial charge on any atom is 0.143 e. The number of anilines is 1. The van der Waals surface area contributed by atoms with E-state index in [2.05, 4.69) is 10.2 Å². The number of nitrogens with one attached hydrogen (secondary N) is 1. The van der Waals surface area contributed by atoms with Gasteiger partial charge >= 0.3 is 0 Å². The third-order valence-corrected chi connectivity index (χ3v) is 2.74. The monoisotopic (exact) mass is 238 g/mol. The second-order valence-corrected chi connectivity index (χ2v) is 4.52. The number of benzene rings is 1. The molecule has 1 aliphatic heterocycles. The molecule has 0 saturated carbocycles. The minimum absolute atomic E-state index is 0.0992. The van der Waals surface area contributed by atoms with Crippen molar-refractivity contribution >= 4 is 5.69 Å². The zero-order valence-electron chi connectivity index (χ0n) is 10.4. The molecule has 3 nitrogen and oxygen atoms in total. The maximum absolute atomic E-state index is 13.3. The molecule has 1 aromatic carbocycles. The minimum Gasteiger partial charge on any atom is -0.489 e. The van der Waals surface area contributed by atoms with Crippen molar-refractivity contribution in [2.45, 2.75) is 20.0 Å². The van der Waals surface area contributed by atoms with E-state index in [0.29, 0.717) is 0 Å². The molecule has 1 heterocycles. The first-order chi connectivity index (χ1) is 8.16. The number of halogens is 1. The minimum atomic E-state index is -0.213. The van der Waals surface area contributed by atoms with E-state index in [4.69, 9.17) is 4.74 Å². The second kappa shape index (κ2) is 5.36. The molecule has 0 bridgehead atoms. The van der Waals surface area contributed by atoms with Gasteiger partial charge in [-0.3, -0.25) is 0 Å². The third-order valence-electron chi connectivity index (χ3n) is 2.74. The lowest BCUT2D eigenvalue weighted by Crippen LogP contribution is -2.43. The summed E-state index contributed by atoms with van der Waals surface area (Å²) in [5.41, 5.74) is 0.861. The Balaban J connectivity index is 2.25. The Morgan fingerprint density at radius 2 is 2.00 bits per heavy atom. The summed E-state index contributed by atoms with van der Waals surface area (Å²) < 4.78 is 19.1. The summed E-state index contributed by atoms with van der Waals surface area (Å²) in [6.07, 6.45) is 0.0992. The largest absolute Gasteiger partial charge is 0.489 e. The van der Waals surface area contributed by atoms with Crippen LogP contribution in [0.3, 0.4) is 0 Å². The number of rotatable bonds is 3. The highest BCUT2D eigenvalue weighted by atomic mass is 19.1. The van der Waals surface area contributed by atoms with Crippen molar-refractivity contribution in [3.05, 3.63) is 24.0 Å². The van der Waals surface area contributed by atoms with Crippen molar-refractivity contribution in [3.8, 4) is 5.75 Å². The van der Waals surface area contributed by atoms with Crippen molar-refractivity contribution < 1.29 is 9.13 Å². The van der Waals surface area contributed by atoms with Gasteiger partial charge in [0.1, 0.15) is 11.6 Å². The molecule has 1 fully saturated rings. The second-order valence-electron chi connectivity index (χ2n) is 4.52. The molecule has 0 atom stereocenters. The van der Waals surface area contributed by atoms with Crippen LogP contribution in [0.15, 0.2) is 18.2 Å². The maximum atomic E-state index is 13.3. The summed E-state index contributed by atoms with van der Waals surface area (Å²) in [7, 11) is 0. The highest BCUT2D eigenvalue weighted by Gasteiger charge is 2.16. The summed E-state index contributed by atoms with van der Waals surface area (Å²) >= 11 is 0. The van der Waals surface area contributed by atoms with Crippen LogP contribution in [-0.4, -0.2) is 32.3 Å². The van der Waals surface area contributed by atoms with E-state index < -0.39 is 0 Å². The van der Waals surface area contributed by atoms with Gasteiger partial charge in [-0.25, -0.2) is 4.39 Å². The third kappa shape index (κ3) is 3.09. The highest BCUT2D eigenvalue weighted by Crippen LogP contribution is 2.30. The SMILES string of the molecule is CC(C)Oc1ccc(F)cc1N1CCNCC1. The van der Waals surface area contributed by atoms with Crippen LogP contribution in [0.1, 0.15) is 13.8 Å². The Kier molecular flexibility index (Phi) is 3.84. The summed E-state index contributed by atoms with van der Waals surface area (Å²) in [6, 6.07) is 4.72. The Bertz CT molecular complexity index is 376. The first-order valence-electron chi connectivity index (χ1n) is 6.08. The molecule has 17 heavy (non-hydrogen) atoms. The standard InChI is InChI=1S/C13H19FN2O/c1-10(2)17-13-4-3-11(14)9-12(13)16-7-5-15-6-8-16/h3-4,9-10,15H,5-8H2,1-2H3. The van der Waals surface area contributed by atoms with Gasteiger partial charge in [0, 0.05) is 32.2 Å². The summed E-state index contributed by atoms with van der Waals surface area (Å²) in [5.74, 6) is 0.554. The quantitative estimate of drug-likeness (QED) is 0.872. The van der Waals surface area contributed by atoms with Crippen LogP contribution < -0.4 is 15.0 Å². The normalized spacial score (nSPS) is 16.4. The van der Waals surface area contributed by atoms with Gasteiger partial charge < -0.3 is 15.0 Å². The van der Waals surface area contributed by atoms with Crippen LogP contribution in [0.25, 0.3) is 0 Å². The molecule has 1 aromatic rings. The van der Waals surface area contributed by atoms with E-state index in [-0.39, 0.29) is 11.9 Å². The molecule has 4 heteroatoms. The van der Waals surface area contributed by atoms with Gasteiger partial charge in [-0.05, 0) is 26.0 Å². The zero-order chi connectivity index (χ0) is 12.3. The van der Waals surface area contributed by atoms with Gasteiger partial charge in [0.05, 0.1) is 11.8 Å². The van der Waals surface area contributed by atoms with Crippen LogP contribution in [0, 0.1) is 5.82 Å². The summed E-state index contributed by atoms with van der Waals surface area (Å²) in [4.78, 5) is 2.16. The van der Waals surface area contributed by atoms with Gasteiger partial charge in [-0.2, -0.15) is 0 Å². The van der Waals surface area contributed by atoms with E-state index in [1.54, 1.807) is 12.1 Å². The Morgan fingerprint density at radius 1 is 1.29 bits per heavy atom. The fraction of sp³-hybridized carbons (Fsp3) is 0.538. The molecular formula is C13H19FN2O. The molecule has 1 aliphatic rings. The summed E-state index contributed by atoms with van der Waals surface area (Å²) in [6.45, 7) is 7.58. The molecular weight excluding hydrogens is 219 g/mol. The van der Waals surface area contributed by atoms with Crippen LogP contribution >= 0.6 is 0 Å². The van der Waals surface area contributed by atoms with Gasteiger partial charge in [0.25, 0.3) is 0 Å². The van der Waals surface area contributed by atoms with Gasteiger partial charge in [-0.1, -0.05) is 0 Å². The molecule has 0 spiro atoms. The molecule has 0 unspecified atom stereocenters. The topological polar surface area (TPSA) is 24.5 Å². The van der Waals surface area contributed by atoms with E-state index in [9.17, 15) is 4.39 Å². The lowest BCUT2D eigenvalue weighted by Gasteiger charge is -2.31. The fourth-order valence-corrected chi connectivity index (χ4v) is 2.00. The Morgan fingerprint density at radius 3 is 2.65 bits per heavy atom. The molecule has 0 aliphatic carbocycles. The number of piperazine rings is 1. The van der Waals surface area contributed by atoms with Crippen molar-refractivity contribution in [1.82, 2.24) is 5.32 Å². The van der Waals surface area contributed by atoms with E-state index in [0.717, 1.165) is 37.6 Å². The van der Waals surface area contributed by atoms with Crippen molar-refractivity contribution in [1.29, 1.82) is 0 Å². The van der Waals surface area contributed by atoms with Gasteiger partial charge in [0.2, 0.25) is 0 Å². The van der Waals surface area contributed by atoms with E-state index in [1.165, 1.54) is 6.07 Å². The average Bonchev–Trinajstić information content (AvgIpc) is 2.32. The lowest BCUT2D eigenvalue weighted by atomic mass is 10.2. The number of nitrogens with zero attached hydrogens (tertiary/aromatic N) is 1. The van der Waals surface area contributed by atoms with Gasteiger partial charge in [0.15, 0.2) is 0 Å². The molecule has 0 aromatic heterocycles. The Labute approximate surface area is 102 Å². The number of hydrogen-bond donors (Lipinski definition) is 1. The van der Waals surface area contributed by atoms with Crippen molar-refractivity contribution in [3.63, 3.8) is 0 Å². The average molecular weight is 238 g/mol. The predicted molar refractivity (Wildman–Crippen MR) is 67.2 cm³/mol. The van der Waals surface area contributed by atoms with Crippen molar-refractivity contribution in [2.75, 3.05) is 31.1 Å². The molecule has 1 N–H and O–H groups in total. The van der Waals surface area contributed by atoms with Gasteiger partial charge in [-0.15, -0.1) is 0 Å². The van der Waals surface area contributed by atoms with Crippen molar-refractivity contribution in [2.24, 2.45) is 0 Å². The van der Waals surface area contributed by atoms with Crippen LogP contribution in [-0.2, 0) is 0 Å². The number of ether oxygens (including phenoxy) is 1. The van der Waals surface area contributed by atoms with Crippen LogP contribution in [0.4, 0.5) is 10.1 Å². The molecule has 94 valence electrons. The molecule has 2 rings (SSSR count).